The molecule has 0 saturated carbocycles. The van der Waals surface area contributed by atoms with Crippen LogP contribution in [0.15, 0.2) is 6.07 Å². The number of hydrogen-bond donors (Lipinski definition) is 1. The average molecular weight is 226 g/mol. The molecule has 0 spiro atoms. The van der Waals surface area contributed by atoms with Crippen LogP contribution in [0, 0.1) is 6.92 Å². The summed E-state index contributed by atoms with van der Waals surface area (Å²) in [6.45, 7) is 3.42. The molecule has 0 aliphatic carbocycles. The summed E-state index contributed by atoms with van der Waals surface area (Å²) in [5.41, 5.74) is 0.531. The Labute approximate surface area is 92.8 Å². The standard InChI is InChI=1S/C10H14N2O2S/c1-7-6-9(12-15-7)10(13)11-8-2-4-14-5-3-8/h6,8H,2-5H2,1H3,(H,11,13). The van der Waals surface area contributed by atoms with Crippen LogP contribution >= 0.6 is 11.5 Å². The first kappa shape index (κ1) is 10.6. The summed E-state index contributed by atoms with van der Waals surface area (Å²) in [6, 6.07) is 2.06. The molecule has 0 bridgehead atoms. The minimum absolute atomic E-state index is 0.0637. The van der Waals surface area contributed by atoms with Crippen molar-refractivity contribution in [2.75, 3.05) is 13.2 Å². The van der Waals surface area contributed by atoms with Crippen molar-refractivity contribution in [2.45, 2.75) is 25.8 Å². The number of amides is 1. The molecular weight excluding hydrogens is 212 g/mol. The maximum Gasteiger partial charge on any atom is 0.271 e. The van der Waals surface area contributed by atoms with Gasteiger partial charge in [-0.15, -0.1) is 0 Å². The second-order valence-corrected chi connectivity index (χ2v) is 4.69. The van der Waals surface area contributed by atoms with E-state index in [1.165, 1.54) is 11.5 Å². The predicted molar refractivity (Wildman–Crippen MR) is 58.2 cm³/mol. The molecule has 2 rings (SSSR count). The summed E-state index contributed by atoms with van der Waals surface area (Å²) in [6.07, 6.45) is 1.80. The van der Waals surface area contributed by atoms with Crippen LogP contribution in [0.3, 0.4) is 0 Å². The van der Waals surface area contributed by atoms with Crippen molar-refractivity contribution < 1.29 is 9.53 Å². The van der Waals surface area contributed by atoms with Gasteiger partial charge in [-0.2, -0.15) is 4.37 Å². The van der Waals surface area contributed by atoms with Crippen molar-refractivity contribution in [3.63, 3.8) is 0 Å². The van der Waals surface area contributed by atoms with E-state index in [0.29, 0.717) is 5.69 Å². The second kappa shape index (κ2) is 4.72. The number of aryl methyl sites for hydroxylation is 1. The summed E-state index contributed by atoms with van der Waals surface area (Å²) in [5.74, 6) is -0.0637. The van der Waals surface area contributed by atoms with Crippen molar-refractivity contribution in [1.82, 2.24) is 9.69 Å². The number of hydrogen-bond acceptors (Lipinski definition) is 4. The third kappa shape index (κ3) is 2.76. The van der Waals surface area contributed by atoms with Gasteiger partial charge in [0, 0.05) is 24.1 Å². The molecule has 0 aromatic carbocycles. The van der Waals surface area contributed by atoms with Gasteiger partial charge in [0.25, 0.3) is 5.91 Å². The molecule has 0 atom stereocenters. The third-order valence-electron chi connectivity index (χ3n) is 2.42. The number of nitrogens with zero attached hydrogens (tertiary/aromatic N) is 1. The highest BCUT2D eigenvalue weighted by atomic mass is 32.1. The van der Waals surface area contributed by atoms with Gasteiger partial charge in [-0.1, -0.05) is 0 Å². The van der Waals surface area contributed by atoms with E-state index in [0.717, 1.165) is 30.9 Å². The molecule has 5 heteroatoms. The number of carbonyl (C=O) groups is 1. The largest absolute Gasteiger partial charge is 0.381 e. The van der Waals surface area contributed by atoms with Crippen LogP contribution in [0.5, 0.6) is 0 Å². The van der Waals surface area contributed by atoms with Crippen molar-refractivity contribution in [2.24, 2.45) is 0 Å². The van der Waals surface area contributed by atoms with Crippen molar-refractivity contribution in [3.05, 3.63) is 16.6 Å². The van der Waals surface area contributed by atoms with Crippen molar-refractivity contribution >= 4 is 17.4 Å². The van der Waals surface area contributed by atoms with Gasteiger partial charge in [0.2, 0.25) is 0 Å². The highest BCUT2D eigenvalue weighted by molar-refractivity contribution is 7.05. The van der Waals surface area contributed by atoms with Crippen LogP contribution in [-0.2, 0) is 4.74 Å². The number of carbonyl (C=O) groups excluding carboxylic acids is 1. The van der Waals surface area contributed by atoms with Crippen molar-refractivity contribution in [1.29, 1.82) is 0 Å². The molecule has 1 aromatic heterocycles. The minimum atomic E-state index is -0.0637. The number of nitrogens with one attached hydrogen (secondary N) is 1. The van der Waals surface area contributed by atoms with Gasteiger partial charge in [-0.3, -0.25) is 4.79 Å². The monoisotopic (exact) mass is 226 g/mol. The summed E-state index contributed by atoms with van der Waals surface area (Å²) in [5, 5.41) is 2.97. The molecule has 0 radical (unpaired) electrons. The number of rotatable bonds is 2. The Morgan fingerprint density at radius 1 is 1.60 bits per heavy atom. The zero-order valence-corrected chi connectivity index (χ0v) is 9.47. The lowest BCUT2D eigenvalue weighted by Crippen LogP contribution is -2.38. The highest BCUT2D eigenvalue weighted by Gasteiger charge is 2.18. The van der Waals surface area contributed by atoms with E-state index in [9.17, 15) is 4.79 Å². The first-order valence-electron chi connectivity index (χ1n) is 5.07. The predicted octanol–water partition coefficient (Wildman–Crippen LogP) is 1.36. The fourth-order valence-electron chi connectivity index (χ4n) is 1.57. The molecule has 1 aliphatic rings. The van der Waals surface area contributed by atoms with Gasteiger partial charge in [0.1, 0.15) is 5.69 Å². The summed E-state index contributed by atoms with van der Waals surface area (Å²) >= 11 is 1.36. The molecular formula is C10H14N2O2S. The third-order valence-corrected chi connectivity index (χ3v) is 3.11. The van der Waals surface area contributed by atoms with Gasteiger partial charge < -0.3 is 10.1 Å². The molecule has 4 nitrogen and oxygen atoms in total. The molecule has 2 heterocycles. The van der Waals surface area contributed by atoms with E-state index in [1.54, 1.807) is 0 Å². The zero-order valence-electron chi connectivity index (χ0n) is 8.66. The van der Waals surface area contributed by atoms with Crippen LogP contribution in [0.4, 0.5) is 0 Å². The molecule has 1 fully saturated rings. The Hall–Kier alpha value is -0.940. The van der Waals surface area contributed by atoms with Crippen molar-refractivity contribution in [3.8, 4) is 0 Å². The Balaban J connectivity index is 1.91. The fraction of sp³-hybridized carbons (Fsp3) is 0.600. The molecule has 82 valence electrons. The first-order valence-corrected chi connectivity index (χ1v) is 5.85. The highest BCUT2D eigenvalue weighted by Crippen LogP contribution is 2.10. The topological polar surface area (TPSA) is 51.2 Å². The number of ether oxygens (including phenoxy) is 1. The van der Waals surface area contributed by atoms with Crippen LogP contribution in [-0.4, -0.2) is 29.5 Å². The van der Waals surface area contributed by atoms with Crippen LogP contribution in [0.2, 0.25) is 0 Å². The van der Waals surface area contributed by atoms with E-state index in [2.05, 4.69) is 9.69 Å². The molecule has 1 N–H and O–H groups in total. The average Bonchev–Trinajstić information content (AvgIpc) is 2.66. The SMILES string of the molecule is Cc1cc(C(=O)NC2CCOCC2)ns1. The van der Waals surface area contributed by atoms with Crippen LogP contribution in [0.25, 0.3) is 0 Å². The lowest BCUT2D eigenvalue weighted by molar-refractivity contribution is 0.0694. The summed E-state index contributed by atoms with van der Waals surface area (Å²) in [7, 11) is 0. The molecule has 1 amide bonds. The minimum Gasteiger partial charge on any atom is -0.381 e. The lowest BCUT2D eigenvalue weighted by Gasteiger charge is -2.22. The summed E-state index contributed by atoms with van der Waals surface area (Å²) < 4.78 is 9.31. The van der Waals surface area contributed by atoms with Gasteiger partial charge >= 0.3 is 0 Å². The Bertz CT molecular complexity index is 345. The summed E-state index contributed by atoms with van der Waals surface area (Å²) in [4.78, 5) is 12.8. The molecule has 1 aromatic rings. The molecule has 1 aliphatic heterocycles. The van der Waals surface area contributed by atoms with E-state index in [4.69, 9.17) is 4.74 Å². The van der Waals surface area contributed by atoms with Gasteiger partial charge in [0.15, 0.2) is 0 Å². The zero-order chi connectivity index (χ0) is 10.7. The smallest absolute Gasteiger partial charge is 0.271 e. The van der Waals surface area contributed by atoms with Gasteiger partial charge in [-0.25, -0.2) is 0 Å². The maximum absolute atomic E-state index is 11.7. The second-order valence-electron chi connectivity index (χ2n) is 3.68. The Morgan fingerprint density at radius 3 is 2.93 bits per heavy atom. The van der Waals surface area contributed by atoms with E-state index in [1.807, 2.05) is 13.0 Å². The Kier molecular flexibility index (Phi) is 3.33. The van der Waals surface area contributed by atoms with Gasteiger partial charge in [0.05, 0.1) is 0 Å². The van der Waals surface area contributed by atoms with E-state index >= 15 is 0 Å². The van der Waals surface area contributed by atoms with E-state index in [-0.39, 0.29) is 11.9 Å². The normalized spacial score (nSPS) is 17.7. The molecule has 15 heavy (non-hydrogen) atoms. The molecule has 0 unspecified atom stereocenters. The Morgan fingerprint density at radius 2 is 2.33 bits per heavy atom. The van der Waals surface area contributed by atoms with Crippen LogP contribution in [0.1, 0.15) is 28.2 Å². The quantitative estimate of drug-likeness (QED) is 0.828. The van der Waals surface area contributed by atoms with Crippen LogP contribution < -0.4 is 5.32 Å². The lowest BCUT2D eigenvalue weighted by atomic mass is 10.1. The van der Waals surface area contributed by atoms with E-state index < -0.39 is 0 Å². The van der Waals surface area contributed by atoms with Gasteiger partial charge in [-0.05, 0) is 37.4 Å². The first-order chi connectivity index (χ1) is 7.25. The maximum atomic E-state index is 11.7. The molecule has 1 saturated heterocycles. The number of aromatic nitrogens is 1. The fourth-order valence-corrected chi connectivity index (χ4v) is 2.12.